The van der Waals surface area contributed by atoms with Crippen LogP contribution >= 0.6 is 0 Å². The minimum atomic E-state index is 0.522. The van der Waals surface area contributed by atoms with Gasteiger partial charge < -0.3 is 19.5 Å². The maximum atomic E-state index is 5.70. The van der Waals surface area contributed by atoms with Gasteiger partial charge in [0.05, 0.1) is 20.8 Å². The summed E-state index contributed by atoms with van der Waals surface area (Å²) < 4.78 is 16.1. The van der Waals surface area contributed by atoms with E-state index in [2.05, 4.69) is 12.2 Å². The first-order valence-electron chi connectivity index (χ1n) is 6.22. The first kappa shape index (κ1) is 14.6. The van der Waals surface area contributed by atoms with E-state index in [0.717, 1.165) is 30.1 Å². The van der Waals surface area contributed by atoms with E-state index in [1.165, 1.54) is 0 Å². The van der Waals surface area contributed by atoms with Gasteiger partial charge in [-0.1, -0.05) is 0 Å². The lowest BCUT2D eigenvalue weighted by Crippen LogP contribution is -2.21. The van der Waals surface area contributed by atoms with Crippen molar-refractivity contribution in [2.24, 2.45) is 0 Å². The summed E-state index contributed by atoms with van der Waals surface area (Å²) in [7, 11) is 5.23. The molecule has 18 heavy (non-hydrogen) atoms. The summed E-state index contributed by atoms with van der Waals surface area (Å²) in [5, 5.41) is 3.20. The Balaban J connectivity index is 2.46. The molecule has 0 saturated heterocycles. The smallest absolute Gasteiger partial charge is 0.126 e. The summed E-state index contributed by atoms with van der Waals surface area (Å²) in [6.07, 6.45) is 2.11. The van der Waals surface area contributed by atoms with Gasteiger partial charge in [0.15, 0.2) is 0 Å². The minimum absolute atomic E-state index is 0.522. The molecule has 1 unspecified atom stereocenters. The standard InChI is InChI=1S/C14H23NO3/c1-11(15-2)6-5-7-18-14-9-12(16-3)8-13(10-14)17-4/h8-11,15H,5-7H2,1-4H3. The zero-order chi connectivity index (χ0) is 13.4. The fraction of sp³-hybridized carbons (Fsp3) is 0.571. The Morgan fingerprint density at radius 3 is 2.11 bits per heavy atom. The molecule has 102 valence electrons. The highest BCUT2D eigenvalue weighted by molar-refractivity contribution is 5.41. The second kappa shape index (κ2) is 7.82. The van der Waals surface area contributed by atoms with Crippen molar-refractivity contribution in [3.05, 3.63) is 18.2 Å². The van der Waals surface area contributed by atoms with Crippen LogP contribution in [-0.2, 0) is 0 Å². The maximum absolute atomic E-state index is 5.70. The third-order valence-corrected chi connectivity index (χ3v) is 2.87. The van der Waals surface area contributed by atoms with Gasteiger partial charge in [-0.15, -0.1) is 0 Å². The van der Waals surface area contributed by atoms with Gasteiger partial charge in [0, 0.05) is 24.2 Å². The molecule has 4 heteroatoms. The Bertz CT molecular complexity index is 333. The Hall–Kier alpha value is -1.42. The van der Waals surface area contributed by atoms with Crippen LogP contribution in [0.3, 0.4) is 0 Å². The third kappa shape index (κ3) is 4.84. The van der Waals surface area contributed by atoms with E-state index in [-0.39, 0.29) is 0 Å². The van der Waals surface area contributed by atoms with E-state index in [1.807, 2.05) is 25.2 Å². The molecule has 0 aliphatic carbocycles. The van der Waals surface area contributed by atoms with Crippen LogP contribution in [-0.4, -0.2) is 33.9 Å². The molecule has 0 saturated carbocycles. The van der Waals surface area contributed by atoms with E-state index in [1.54, 1.807) is 14.2 Å². The van der Waals surface area contributed by atoms with Gasteiger partial charge in [-0.05, 0) is 26.8 Å². The molecule has 0 aliphatic rings. The monoisotopic (exact) mass is 253 g/mol. The van der Waals surface area contributed by atoms with Crippen molar-refractivity contribution in [1.82, 2.24) is 5.32 Å². The molecular weight excluding hydrogens is 230 g/mol. The Morgan fingerprint density at radius 2 is 1.61 bits per heavy atom. The molecule has 1 rings (SSSR count). The zero-order valence-corrected chi connectivity index (χ0v) is 11.7. The van der Waals surface area contributed by atoms with E-state index in [9.17, 15) is 0 Å². The van der Waals surface area contributed by atoms with Crippen molar-refractivity contribution < 1.29 is 14.2 Å². The SMILES string of the molecule is CNC(C)CCCOc1cc(OC)cc(OC)c1. The summed E-state index contributed by atoms with van der Waals surface area (Å²) in [6, 6.07) is 6.08. The van der Waals surface area contributed by atoms with Crippen LogP contribution in [0.25, 0.3) is 0 Å². The van der Waals surface area contributed by atoms with Crippen molar-refractivity contribution in [1.29, 1.82) is 0 Å². The molecule has 0 aromatic heterocycles. The van der Waals surface area contributed by atoms with Crippen molar-refractivity contribution in [3.8, 4) is 17.2 Å². The number of nitrogens with one attached hydrogen (secondary N) is 1. The number of hydrogen-bond donors (Lipinski definition) is 1. The molecule has 1 aromatic carbocycles. The maximum Gasteiger partial charge on any atom is 0.126 e. The largest absolute Gasteiger partial charge is 0.496 e. The van der Waals surface area contributed by atoms with Gasteiger partial charge in [-0.2, -0.15) is 0 Å². The number of hydrogen-bond acceptors (Lipinski definition) is 4. The summed E-state index contributed by atoms with van der Waals surface area (Å²) in [4.78, 5) is 0. The van der Waals surface area contributed by atoms with Crippen molar-refractivity contribution >= 4 is 0 Å². The molecule has 4 nitrogen and oxygen atoms in total. The molecule has 0 bridgehead atoms. The van der Waals surface area contributed by atoms with Gasteiger partial charge in [-0.3, -0.25) is 0 Å². The number of methoxy groups -OCH3 is 2. The highest BCUT2D eigenvalue weighted by Gasteiger charge is 2.03. The minimum Gasteiger partial charge on any atom is -0.496 e. The summed E-state index contributed by atoms with van der Waals surface area (Å²) >= 11 is 0. The molecular formula is C14H23NO3. The van der Waals surface area contributed by atoms with Gasteiger partial charge in [-0.25, -0.2) is 0 Å². The lowest BCUT2D eigenvalue weighted by Gasteiger charge is -2.12. The topological polar surface area (TPSA) is 39.7 Å². The highest BCUT2D eigenvalue weighted by atomic mass is 16.5. The van der Waals surface area contributed by atoms with Crippen molar-refractivity contribution in [2.75, 3.05) is 27.9 Å². The fourth-order valence-corrected chi connectivity index (χ4v) is 1.59. The van der Waals surface area contributed by atoms with Crippen molar-refractivity contribution in [2.45, 2.75) is 25.8 Å². The Labute approximate surface area is 109 Å². The average molecular weight is 253 g/mol. The molecule has 0 aliphatic heterocycles. The number of benzene rings is 1. The average Bonchev–Trinajstić information content (AvgIpc) is 2.42. The van der Waals surface area contributed by atoms with Gasteiger partial charge in [0.1, 0.15) is 17.2 Å². The number of rotatable bonds is 8. The lowest BCUT2D eigenvalue weighted by atomic mass is 10.2. The van der Waals surface area contributed by atoms with Crippen LogP contribution in [0.4, 0.5) is 0 Å². The predicted molar refractivity (Wildman–Crippen MR) is 72.8 cm³/mol. The zero-order valence-electron chi connectivity index (χ0n) is 11.7. The van der Waals surface area contributed by atoms with Crippen LogP contribution in [0.15, 0.2) is 18.2 Å². The second-order valence-corrected chi connectivity index (χ2v) is 4.23. The van der Waals surface area contributed by atoms with Gasteiger partial charge >= 0.3 is 0 Å². The molecule has 1 atom stereocenters. The van der Waals surface area contributed by atoms with Crippen LogP contribution in [0, 0.1) is 0 Å². The van der Waals surface area contributed by atoms with Gasteiger partial charge in [0.25, 0.3) is 0 Å². The quantitative estimate of drug-likeness (QED) is 0.722. The molecule has 0 amide bonds. The molecule has 0 spiro atoms. The van der Waals surface area contributed by atoms with Crippen LogP contribution < -0.4 is 19.5 Å². The predicted octanol–water partition coefficient (Wildman–Crippen LogP) is 2.47. The summed E-state index contributed by atoms with van der Waals surface area (Å²) in [5.74, 6) is 2.27. The molecule has 1 aromatic rings. The summed E-state index contributed by atoms with van der Waals surface area (Å²) in [5.41, 5.74) is 0. The van der Waals surface area contributed by atoms with Crippen molar-refractivity contribution in [3.63, 3.8) is 0 Å². The van der Waals surface area contributed by atoms with Gasteiger partial charge in [0.2, 0.25) is 0 Å². The molecule has 0 fully saturated rings. The molecule has 0 heterocycles. The first-order chi connectivity index (χ1) is 8.69. The first-order valence-corrected chi connectivity index (χ1v) is 6.22. The molecule has 0 radical (unpaired) electrons. The molecule has 1 N–H and O–H groups in total. The van der Waals surface area contributed by atoms with Crippen LogP contribution in [0.1, 0.15) is 19.8 Å². The van der Waals surface area contributed by atoms with E-state index >= 15 is 0 Å². The number of ether oxygens (including phenoxy) is 3. The van der Waals surface area contributed by atoms with E-state index in [4.69, 9.17) is 14.2 Å². The van der Waals surface area contributed by atoms with Crippen LogP contribution in [0.5, 0.6) is 17.2 Å². The normalized spacial score (nSPS) is 12.0. The highest BCUT2D eigenvalue weighted by Crippen LogP contribution is 2.27. The second-order valence-electron chi connectivity index (χ2n) is 4.23. The Morgan fingerprint density at radius 1 is 1.06 bits per heavy atom. The fourth-order valence-electron chi connectivity index (χ4n) is 1.59. The van der Waals surface area contributed by atoms with E-state index in [0.29, 0.717) is 12.6 Å². The van der Waals surface area contributed by atoms with E-state index < -0.39 is 0 Å². The van der Waals surface area contributed by atoms with Crippen LogP contribution in [0.2, 0.25) is 0 Å². The third-order valence-electron chi connectivity index (χ3n) is 2.87. The summed E-state index contributed by atoms with van der Waals surface area (Å²) in [6.45, 7) is 2.86. The lowest BCUT2D eigenvalue weighted by molar-refractivity contribution is 0.295. The Kier molecular flexibility index (Phi) is 6.36.